The van der Waals surface area contributed by atoms with Crippen LogP contribution in [0.2, 0.25) is 10.0 Å². The minimum Gasteiger partial charge on any atom is -0.394 e. The number of nitrogens with one attached hydrogen (secondary N) is 1. The number of aliphatic hydroxyl groups is 1. The van der Waals surface area contributed by atoms with E-state index in [2.05, 4.69) is 5.32 Å². The van der Waals surface area contributed by atoms with Crippen LogP contribution in [0.5, 0.6) is 0 Å². The lowest BCUT2D eigenvalue weighted by Gasteiger charge is -2.18. The Labute approximate surface area is 123 Å². The Hall–Kier alpha value is -1.03. The minimum atomic E-state index is -0.251. The molecule has 0 unspecified atom stereocenters. The first-order valence-corrected chi connectivity index (χ1v) is 6.74. The molecule has 0 fully saturated rings. The zero-order valence-electron chi connectivity index (χ0n) is 10.9. The molecule has 1 aromatic carbocycles. The molecule has 0 aliphatic rings. The van der Waals surface area contributed by atoms with Crippen LogP contribution in [-0.4, -0.2) is 23.7 Å². The normalized spacial score (nSPS) is 12.9. The van der Waals surface area contributed by atoms with Crippen molar-refractivity contribution in [2.45, 2.75) is 19.9 Å². The highest BCUT2D eigenvalue weighted by Gasteiger charge is 2.13. The Morgan fingerprint density at radius 3 is 2.58 bits per heavy atom. The summed E-state index contributed by atoms with van der Waals surface area (Å²) >= 11 is 11.7. The van der Waals surface area contributed by atoms with Crippen LogP contribution in [0.1, 0.15) is 19.4 Å². The largest absolute Gasteiger partial charge is 0.394 e. The highest BCUT2D eigenvalue weighted by atomic mass is 35.5. The van der Waals surface area contributed by atoms with Gasteiger partial charge in [0.15, 0.2) is 0 Å². The van der Waals surface area contributed by atoms with Crippen LogP contribution >= 0.6 is 23.2 Å². The molecule has 1 amide bonds. The van der Waals surface area contributed by atoms with Crippen molar-refractivity contribution in [1.82, 2.24) is 5.32 Å². The van der Waals surface area contributed by atoms with Gasteiger partial charge in [0.1, 0.15) is 0 Å². The summed E-state index contributed by atoms with van der Waals surface area (Å²) in [5.74, 6) is -0.0776. The Morgan fingerprint density at radius 2 is 2.05 bits per heavy atom. The van der Waals surface area contributed by atoms with E-state index in [0.717, 1.165) is 5.56 Å². The third kappa shape index (κ3) is 5.23. The molecule has 0 saturated heterocycles. The average molecular weight is 302 g/mol. The van der Waals surface area contributed by atoms with Gasteiger partial charge in [0, 0.05) is 6.08 Å². The monoisotopic (exact) mass is 301 g/mol. The van der Waals surface area contributed by atoms with Crippen molar-refractivity contribution in [2.75, 3.05) is 6.61 Å². The van der Waals surface area contributed by atoms with Crippen LogP contribution in [-0.2, 0) is 4.79 Å². The summed E-state index contributed by atoms with van der Waals surface area (Å²) in [7, 11) is 0. The fourth-order valence-corrected chi connectivity index (χ4v) is 1.75. The molecule has 0 radical (unpaired) electrons. The maximum atomic E-state index is 11.7. The van der Waals surface area contributed by atoms with E-state index >= 15 is 0 Å². The average Bonchev–Trinajstić information content (AvgIpc) is 2.37. The molecular formula is C14H17Cl2NO2. The molecule has 0 aliphatic carbocycles. The molecular weight excluding hydrogens is 285 g/mol. The van der Waals surface area contributed by atoms with Gasteiger partial charge in [-0.25, -0.2) is 0 Å². The fraction of sp³-hybridized carbons (Fsp3) is 0.357. The second kappa shape index (κ2) is 7.53. The molecule has 1 rings (SSSR count). The van der Waals surface area contributed by atoms with Crippen LogP contribution in [0.15, 0.2) is 24.3 Å². The van der Waals surface area contributed by atoms with Gasteiger partial charge in [0.25, 0.3) is 0 Å². The standard InChI is InChI=1S/C14H17Cl2NO2/c1-9(2)13(8-18)17-14(19)6-4-10-3-5-11(15)12(16)7-10/h3-7,9,13,18H,8H2,1-2H3,(H,17,19)/t13-/m1/s1. The minimum absolute atomic E-state index is 0.0793. The van der Waals surface area contributed by atoms with Gasteiger partial charge in [-0.2, -0.15) is 0 Å². The lowest BCUT2D eigenvalue weighted by molar-refractivity contribution is -0.117. The van der Waals surface area contributed by atoms with Crippen LogP contribution in [0.4, 0.5) is 0 Å². The quantitative estimate of drug-likeness (QED) is 0.821. The van der Waals surface area contributed by atoms with Gasteiger partial charge >= 0.3 is 0 Å². The number of benzene rings is 1. The molecule has 0 heterocycles. The number of aliphatic hydroxyl groups excluding tert-OH is 1. The van der Waals surface area contributed by atoms with Gasteiger partial charge in [-0.05, 0) is 29.7 Å². The summed E-state index contributed by atoms with van der Waals surface area (Å²) in [5.41, 5.74) is 0.787. The number of carbonyl (C=O) groups is 1. The summed E-state index contributed by atoms with van der Waals surface area (Å²) in [4.78, 5) is 11.7. The predicted molar refractivity (Wildman–Crippen MR) is 79.4 cm³/mol. The summed E-state index contributed by atoms with van der Waals surface area (Å²) < 4.78 is 0. The maximum absolute atomic E-state index is 11.7. The SMILES string of the molecule is CC(C)[C@@H](CO)NC(=O)C=Cc1ccc(Cl)c(Cl)c1. The van der Waals surface area contributed by atoms with Crippen molar-refractivity contribution in [2.24, 2.45) is 5.92 Å². The van der Waals surface area contributed by atoms with E-state index in [1.54, 1.807) is 24.3 Å². The molecule has 0 aromatic heterocycles. The van der Waals surface area contributed by atoms with Crippen molar-refractivity contribution in [3.05, 3.63) is 39.9 Å². The molecule has 0 bridgehead atoms. The molecule has 1 atom stereocenters. The van der Waals surface area contributed by atoms with Crippen LogP contribution in [0.25, 0.3) is 6.08 Å². The lowest BCUT2D eigenvalue weighted by Crippen LogP contribution is -2.40. The lowest BCUT2D eigenvalue weighted by atomic mass is 10.1. The van der Waals surface area contributed by atoms with E-state index in [4.69, 9.17) is 28.3 Å². The molecule has 5 heteroatoms. The van der Waals surface area contributed by atoms with Gasteiger partial charge < -0.3 is 10.4 Å². The van der Waals surface area contributed by atoms with Gasteiger partial charge in [0.2, 0.25) is 5.91 Å². The first kappa shape index (κ1) is 16.0. The third-order valence-corrected chi connectivity index (χ3v) is 3.44. The first-order valence-electron chi connectivity index (χ1n) is 5.98. The molecule has 2 N–H and O–H groups in total. The van der Waals surface area contributed by atoms with E-state index in [9.17, 15) is 4.79 Å². The third-order valence-electron chi connectivity index (χ3n) is 2.70. The molecule has 19 heavy (non-hydrogen) atoms. The topological polar surface area (TPSA) is 49.3 Å². The summed E-state index contributed by atoms with van der Waals surface area (Å²) in [6, 6.07) is 4.88. The predicted octanol–water partition coefficient (Wildman–Crippen LogP) is 3.14. The second-order valence-electron chi connectivity index (χ2n) is 4.55. The number of amides is 1. The number of rotatable bonds is 5. The Morgan fingerprint density at radius 1 is 1.37 bits per heavy atom. The first-order chi connectivity index (χ1) is 8.93. The van der Waals surface area contributed by atoms with Crippen molar-refractivity contribution in [1.29, 1.82) is 0 Å². The number of hydrogen-bond donors (Lipinski definition) is 2. The van der Waals surface area contributed by atoms with Gasteiger partial charge in [-0.15, -0.1) is 0 Å². The Balaban J connectivity index is 2.65. The smallest absolute Gasteiger partial charge is 0.244 e. The summed E-state index contributed by atoms with van der Waals surface area (Å²) in [6.07, 6.45) is 3.05. The highest BCUT2D eigenvalue weighted by molar-refractivity contribution is 6.42. The number of hydrogen-bond acceptors (Lipinski definition) is 2. The summed E-state index contributed by atoms with van der Waals surface area (Å²) in [5, 5.41) is 12.8. The molecule has 0 aliphatic heterocycles. The fourth-order valence-electron chi connectivity index (χ4n) is 1.44. The maximum Gasteiger partial charge on any atom is 0.244 e. The molecule has 1 aromatic rings. The molecule has 0 spiro atoms. The van der Waals surface area contributed by atoms with Crippen molar-refractivity contribution < 1.29 is 9.90 Å². The van der Waals surface area contributed by atoms with Crippen molar-refractivity contribution in [3.8, 4) is 0 Å². The van der Waals surface area contributed by atoms with Crippen LogP contribution in [0.3, 0.4) is 0 Å². The van der Waals surface area contributed by atoms with Crippen LogP contribution < -0.4 is 5.32 Å². The Kier molecular flexibility index (Phi) is 6.35. The Bertz CT molecular complexity index is 473. The second-order valence-corrected chi connectivity index (χ2v) is 5.36. The number of carbonyl (C=O) groups excluding carboxylic acids is 1. The van der Waals surface area contributed by atoms with Crippen molar-refractivity contribution in [3.63, 3.8) is 0 Å². The van der Waals surface area contributed by atoms with E-state index < -0.39 is 0 Å². The zero-order chi connectivity index (χ0) is 14.4. The van der Waals surface area contributed by atoms with Gasteiger partial charge in [-0.3, -0.25) is 4.79 Å². The van der Waals surface area contributed by atoms with Crippen molar-refractivity contribution >= 4 is 35.2 Å². The summed E-state index contributed by atoms with van der Waals surface area (Å²) in [6.45, 7) is 3.79. The number of halogens is 2. The van der Waals surface area contributed by atoms with E-state index in [0.29, 0.717) is 10.0 Å². The molecule has 3 nitrogen and oxygen atoms in total. The zero-order valence-corrected chi connectivity index (χ0v) is 12.4. The van der Waals surface area contributed by atoms with E-state index in [1.165, 1.54) is 6.08 Å². The van der Waals surface area contributed by atoms with E-state index in [-0.39, 0.29) is 24.5 Å². The van der Waals surface area contributed by atoms with Crippen LogP contribution in [0, 0.1) is 5.92 Å². The molecule has 0 saturated carbocycles. The van der Waals surface area contributed by atoms with E-state index in [1.807, 2.05) is 13.8 Å². The molecule has 104 valence electrons. The van der Waals surface area contributed by atoms with Gasteiger partial charge in [0.05, 0.1) is 22.7 Å². The highest BCUT2D eigenvalue weighted by Crippen LogP contribution is 2.23. The van der Waals surface area contributed by atoms with Gasteiger partial charge in [-0.1, -0.05) is 43.1 Å².